The molecule has 0 aliphatic rings. The molecule has 4 N–H and O–H groups in total. The van der Waals surface area contributed by atoms with Crippen LogP contribution in [0.2, 0.25) is 0 Å². The van der Waals surface area contributed by atoms with Gasteiger partial charge in [-0.3, -0.25) is 0 Å². The van der Waals surface area contributed by atoms with Crippen LogP contribution in [0.3, 0.4) is 0 Å². The average Bonchev–Trinajstić information content (AvgIpc) is 2.43. The maximum atomic E-state index is 8.49. The van der Waals surface area contributed by atoms with Crippen molar-refractivity contribution in [2.45, 2.75) is 5.73 Å². The van der Waals surface area contributed by atoms with Crippen LogP contribution >= 0.6 is 0 Å². The molecule has 134 valence electrons. The summed E-state index contributed by atoms with van der Waals surface area (Å²) in [5.41, 5.74) is -0.185. The van der Waals surface area contributed by atoms with Crippen LogP contribution in [0.1, 0.15) is 0 Å². The lowest BCUT2D eigenvalue weighted by Gasteiger charge is -1.97. The van der Waals surface area contributed by atoms with Gasteiger partial charge in [-0.2, -0.15) is 0 Å². The van der Waals surface area contributed by atoms with Crippen molar-refractivity contribution in [2.24, 2.45) is 0 Å². The number of rotatable bonds is 8. The van der Waals surface area contributed by atoms with Gasteiger partial charge >= 0.3 is 0 Å². The Morgan fingerprint density at radius 1 is 0.714 bits per heavy atom. The van der Waals surface area contributed by atoms with Gasteiger partial charge in [0.25, 0.3) is 0 Å². The second-order valence-electron chi connectivity index (χ2n) is 3.45. The summed E-state index contributed by atoms with van der Waals surface area (Å²) in [7, 11) is 7.05. The summed E-state index contributed by atoms with van der Waals surface area (Å²) in [4.78, 5) is 0. The lowest BCUT2D eigenvalue weighted by molar-refractivity contribution is 0.112. The van der Waals surface area contributed by atoms with Crippen molar-refractivity contribution in [3.05, 3.63) is 0 Å². The number of ether oxygens (including phenoxy) is 4. The summed E-state index contributed by atoms with van der Waals surface area (Å²) in [5.74, 6) is 0. The molecular formula is C12H34O8Si. The quantitative estimate of drug-likeness (QED) is 0.351. The zero-order chi connectivity index (χ0) is 17.4. The van der Waals surface area contributed by atoms with E-state index in [4.69, 9.17) is 20.4 Å². The Balaban J connectivity index is -0.0000000921. The monoisotopic (exact) mass is 334 g/mol. The Bertz CT molecular complexity index is 110. The van der Waals surface area contributed by atoms with Gasteiger partial charge in [0.2, 0.25) is 0 Å². The average molecular weight is 334 g/mol. The van der Waals surface area contributed by atoms with Crippen molar-refractivity contribution < 1.29 is 39.4 Å². The standard InChI is InChI=1S/C3H10O2Si.3C3H8O2/c1-5-2-3(4)6;3*1-5-3-2-4/h3-4H,2H2,1,6H3;3*4H,2-3H2,1H3. The summed E-state index contributed by atoms with van der Waals surface area (Å²) < 4.78 is 17.9. The molecule has 1 unspecified atom stereocenters. The van der Waals surface area contributed by atoms with Gasteiger partial charge < -0.3 is 39.4 Å². The lowest BCUT2D eigenvalue weighted by atomic mass is 10.8. The van der Waals surface area contributed by atoms with E-state index in [1.165, 1.54) is 0 Å². The molecule has 1 atom stereocenters. The molecule has 0 amide bonds. The van der Waals surface area contributed by atoms with Crippen LogP contribution < -0.4 is 0 Å². The molecule has 0 fully saturated rings. The first-order valence-corrected chi connectivity index (χ1v) is 7.63. The van der Waals surface area contributed by atoms with Gasteiger partial charge in [-0.15, -0.1) is 0 Å². The summed E-state index contributed by atoms with van der Waals surface area (Å²) >= 11 is 0. The Kier molecular flexibility index (Phi) is 50.8. The first kappa shape index (κ1) is 29.0. The van der Waals surface area contributed by atoms with Gasteiger partial charge in [0.15, 0.2) is 0 Å². The highest BCUT2D eigenvalue weighted by Crippen LogP contribution is 1.70. The van der Waals surface area contributed by atoms with Gasteiger partial charge in [-0.1, -0.05) is 0 Å². The molecule has 0 heterocycles. The number of aliphatic hydroxyl groups excluding tert-OH is 4. The van der Waals surface area contributed by atoms with Gasteiger partial charge in [-0.05, 0) is 0 Å². The van der Waals surface area contributed by atoms with Crippen LogP contribution in [0.4, 0.5) is 0 Å². The van der Waals surface area contributed by atoms with Crippen molar-refractivity contribution in [3.63, 3.8) is 0 Å². The molecule has 0 aromatic carbocycles. The third-order valence-corrected chi connectivity index (χ3v) is 1.63. The Labute approximate surface area is 131 Å². The van der Waals surface area contributed by atoms with E-state index in [9.17, 15) is 0 Å². The van der Waals surface area contributed by atoms with E-state index in [1.807, 2.05) is 0 Å². The Morgan fingerprint density at radius 2 is 1.00 bits per heavy atom. The Morgan fingerprint density at radius 3 is 1.00 bits per heavy atom. The molecule has 8 nitrogen and oxygen atoms in total. The van der Waals surface area contributed by atoms with E-state index in [0.29, 0.717) is 26.4 Å². The molecule has 0 aromatic heterocycles. The normalized spacial score (nSPS) is 10.3. The van der Waals surface area contributed by atoms with E-state index in [-0.39, 0.29) is 25.5 Å². The number of hydrogen-bond acceptors (Lipinski definition) is 8. The van der Waals surface area contributed by atoms with Gasteiger partial charge in [0.05, 0.1) is 52.0 Å². The molecule has 0 aliphatic carbocycles. The maximum Gasteiger partial charge on any atom is 0.0693 e. The molecule has 21 heavy (non-hydrogen) atoms. The van der Waals surface area contributed by atoms with E-state index < -0.39 is 0 Å². The largest absolute Gasteiger partial charge is 0.395 e. The molecule has 0 aromatic rings. The van der Waals surface area contributed by atoms with Crippen LogP contribution in [0.25, 0.3) is 0 Å². The van der Waals surface area contributed by atoms with E-state index in [2.05, 4.69) is 18.9 Å². The molecule has 0 saturated heterocycles. The molecule has 9 heteroatoms. The minimum atomic E-state index is -0.185. The van der Waals surface area contributed by atoms with Gasteiger partial charge in [-0.25, -0.2) is 0 Å². The third-order valence-electron chi connectivity index (χ3n) is 1.29. The second kappa shape index (κ2) is 36.8. The van der Waals surface area contributed by atoms with Crippen LogP contribution in [0, 0.1) is 0 Å². The summed E-state index contributed by atoms with van der Waals surface area (Å²) in [6.45, 7) is 2.19. The van der Waals surface area contributed by atoms with E-state index in [1.54, 1.807) is 28.4 Å². The minimum Gasteiger partial charge on any atom is -0.395 e. The topological polar surface area (TPSA) is 118 Å². The fourth-order valence-electron chi connectivity index (χ4n) is 0.515. The highest BCUT2D eigenvalue weighted by Gasteiger charge is 1.87. The fourth-order valence-corrected chi connectivity index (χ4v) is 0.848. The molecule has 0 radical (unpaired) electrons. The van der Waals surface area contributed by atoms with Gasteiger partial charge in [0, 0.05) is 38.7 Å². The molecule has 0 spiro atoms. The minimum absolute atomic E-state index is 0.122. The first-order valence-electron chi connectivity index (χ1n) is 6.48. The van der Waals surface area contributed by atoms with E-state index >= 15 is 0 Å². The maximum absolute atomic E-state index is 8.49. The van der Waals surface area contributed by atoms with Crippen molar-refractivity contribution >= 4 is 10.2 Å². The van der Waals surface area contributed by atoms with Crippen LogP contribution in [-0.4, -0.2) is 111 Å². The van der Waals surface area contributed by atoms with Gasteiger partial charge in [0.1, 0.15) is 0 Å². The predicted molar refractivity (Wildman–Crippen MR) is 84.7 cm³/mol. The summed E-state index contributed by atoms with van der Waals surface area (Å²) in [6.07, 6.45) is 0. The molecular weight excluding hydrogens is 300 g/mol. The molecule has 0 bridgehead atoms. The second-order valence-corrected chi connectivity index (χ2v) is 4.79. The zero-order valence-electron chi connectivity index (χ0n) is 13.9. The Hall–Kier alpha value is -0.103. The molecule has 0 aliphatic heterocycles. The van der Waals surface area contributed by atoms with Crippen LogP contribution in [0.15, 0.2) is 0 Å². The molecule has 0 saturated carbocycles. The number of aliphatic hydroxyl groups is 4. The van der Waals surface area contributed by atoms with Crippen molar-refractivity contribution in [1.82, 2.24) is 0 Å². The smallest absolute Gasteiger partial charge is 0.0693 e. The summed E-state index contributed by atoms with van der Waals surface area (Å²) in [5, 5.41) is 32.3. The third kappa shape index (κ3) is 80.5. The van der Waals surface area contributed by atoms with Crippen LogP contribution in [0.5, 0.6) is 0 Å². The van der Waals surface area contributed by atoms with E-state index in [0.717, 1.165) is 10.2 Å². The highest BCUT2D eigenvalue weighted by molar-refractivity contribution is 6.10. The highest BCUT2D eigenvalue weighted by atomic mass is 28.1. The first-order chi connectivity index (χ1) is 10.0. The zero-order valence-corrected chi connectivity index (χ0v) is 15.9. The summed E-state index contributed by atoms with van der Waals surface area (Å²) in [6, 6.07) is 0. The van der Waals surface area contributed by atoms with Crippen LogP contribution in [-0.2, 0) is 18.9 Å². The lowest BCUT2D eigenvalue weighted by Crippen LogP contribution is -2.12. The fraction of sp³-hybridized carbons (Fsp3) is 1.00. The number of methoxy groups -OCH3 is 4. The predicted octanol–water partition coefficient (Wildman–Crippen LogP) is -2.81. The SMILES string of the molecule is COCC(O)[SiH3].COCCO.COCCO.COCCO. The van der Waals surface area contributed by atoms with Crippen molar-refractivity contribution in [2.75, 3.05) is 74.7 Å². The number of hydrogen-bond donors (Lipinski definition) is 4. The van der Waals surface area contributed by atoms with Crippen molar-refractivity contribution in [1.29, 1.82) is 0 Å². The molecule has 0 rings (SSSR count). The van der Waals surface area contributed by atoms with Crippen molar-refractivity contribution in [3.8, 4) is 0 Å².